The third-order valence-corrected chi connectivity index (χ3v) is 3.50. The summed E-state index contributed by atoms with van der Waals surface area (Å²) in [6.07, 6.45) is 3.91. The summed E-state index contributed by atoms with van der Waals surface area (Å²) in [7, 11) is 1.84. The van der Waals surface area contributed by atoms with Crippen molar-refractivity contribution in [3.8, 4) is 0 Å². The van der Waals surface area contributed by atoms with Crippen LogP contribution in [-0.2, 0) is 7.05 Å². The molecule has 0 saturated heterocycles. The lowest BCUT2D eigenvalue weighted by Crippen LogP contribution is -1.89. The zero-order valence-corrected chi connectivity index (χ0v) is 10.9. The highest BCUT2D eigenvalue weighted by Crippen LogP contribution is 2.33. The minimum atomic E-state index is 0.651. The van der Waals surface area contributed by atoms with Gasteiger partial charge in [-0.3, -0.25) is 9.67 Å². The van der Waals surface area contributed by atoms with Crippen molar-refractivity contribution in [2.45, 2.75) is 6.92 Å². The molecule has 3 nitrogen and oxygen atoms in total. The number of hydrogen-bond acceptors (Lipinski definition) is 2. The van der Waals surface area contributed by atoms with Crippen LogP contribution < -0.4 is 0 Å². The Bertz CT molecular complexity index is 680. The SMILES string of the molecule is Cc1nn(C)c(Cl)c1C=C1C=Nc2ccccc21. The highest BCUT2D eigenvalue weighted by atomic mass is 35.5. The maximum atomic E-state index is 6.23. The van der Waals surface area contributed by atoms with E-state index in [0.717, 1.165) is 28.1 Å². The van der Waals surface area contributed by atoms with Gasteiger partial charge in [0.2, 0.25) is 0 Å². The Balaban J connectivity index is 2.12. The molecular weight excluding hydrogens is 246 g/mol. The molecule has 0 unspecified atom stereocenters. The Morgan fingerprint density at radius 3 is 2.78 bits per heavy atom. The standard InChI is InChI=1S/C14H12ClN3/c1-9-12(14(15)18(2)17-9)7-10-8-16-13-6-4-3-5-11(10)13/h3-8H,1-2H3. The largest absolute Gasteiger partial charge is 0.256 e. The Kier molecular flexibility index (Phi) is 2.56. The van der Waals surface area contributed by atoms with Gasteiger partial charge in [-0.25, -0.2) is 0 Å². The normalized spacial score (nSPS) is 15.4. The van der Waals surface area contributed by atoms with Gasteiger partial charge in [-0.1, -0.05) is 29.8 Å². The van der Waals surface area contributed by atoms with Gasteiger partial charge in [-0.05, 0) is 19.1 Å². The molecule has 0 aliphatic carbocycles. The van der Waals surface area contributed by atoms with Gasteiger partial charge in [0.05, 0.1) is 11.4 Å². The molecule has 1 aliphatic rings. The summed E-state index contributed by atoms with van der Waals surface area (Å²) in [5.41, 5.74) is 5.09. The zero-order chi connectivity index (χ0) is 12.7. The lowest BCUT2D eigenvalue weighted by atomic mass is 10.0. The van der Waals surface area contributed by atoms with Gasteiger partial charge in [-0.15, -0.1) is 0 Å². The van der Waals surface area contributed by atoms with Gasteiger partial charge < -0.3 is 0 Å². The van der Waals surface area contributed by atoms with Gasteiger partial charge >= 0.3 is 0 Å². The Morgan fingerprint density at radius 1 is 1.28 bits per heavy atom. The number of allylic oxidation sites excluding steroid dienone is 1. The number of para-hydroxylation sites is 1. The van der Waals surface area contributed by atoms with Gasteiger partial charge in [0, 0.05) is 30.0 Å². The molecular formula is C14H12ClN3. The molecule has 18 heavy (non-hydrogen) atoms. The number of aliphatic imine (C=N–C) groups is 1. The van der Waals surface area contributed by atoms with Crippen LogP contribution in [0.25, 0.3) is 11.6 Å². The Morgan fingerprint density at radius 2 is 2.06 bits per heavy atom. The van der Waals surface area contributed by atoms with E-state index >= 15 is 0 Å². The third-order valence-electron chi connectivity index (χ3n) is 3.05. The molecule has 3 rings (SSSR count). The summed E-state index contributed by atoms with van der Waals surface area (Å²) < 4.78 is 1.68. The number of benzene rings is 1. The number of nitrogens with zero attached hydrogens (tertiary/aromatic N) is 3. The number of hydrogen-bond donors (Lipinski definition) is 0. The molecule has 1 aromatic carbocycles. The molecule has 0 fully saturated rings. The molecule has 0 saturated carbocycles. The van der Waals surface area contributed by atoms with E-state index in [-0.39, 0.29) is 0 Å². The van der Waals surface area contributed by atoms with Crippen molar-refractivity contribution in [1.29, 1.82) is 0 Å². The second-order valence-corrected chi connectivity index (χ2v) is 4.65. The molecule has 2 heterocycles. The first-order valence-corrected chi connectivity index (χ1v) is 6.09. The van der Waals surface area contributed by atoms with E-state index in [2.05, 4.69) is 16.2 Å². The van der Waals surface area contributed by atoms with Crippen LogP contribution in [0.2, 0.25) is 5.15 Å². The lowest BCUT2D eigenvalue weighted by Gasteiger charge is -1.99. The fourth-order valence-electron chi connectivity index (χ4n) is 2.12. The second kappa shape index (κ2) is 4.10. The molecule has 0 N–H and O–H groups in total. The zero-order valence-electron chi connectivity index (χ0n) is 10.2. The summed E-state index contributed by atoms with van der Waals surface area (Å²) in [6.45, 7) is 1.95. The third kappa shape index (κ3) is 1.68. The van der Waals surface area contributed by atoms with E-state index in [1.54, 1.807) is 4.68 Å². The fraction of sp³-hybridized carbons (Fsp3) is 0.143. The van der Waals surface area contributed by atoms with Crippen molar-refractivity contribution in [2.75, 3.05) is 0 Å². The molecule has 4 heteroatoms. The smallest absolute Gasteiger partial charge is 0.134 e. The van der Waals surface area contributed by atoms with Crippen LogP contribution in [0.4, 0.5) is 5.69 Å². The number of halogens is 1. The van der Waals surface area contributed by atoms with Gasteiger partial charge in [0.15, 0.2) is 0 Å². The monoisotopic (exact) mass is 257 g/mol. The van der Waals surface area contributed by atoms with Gasteiger partial charge in [0.1, 0.15) is 5.15 Å². The van der Waals surface area contributed by atoms with Crippen molar-refractivity contribution < 1.29 is 0 Å². The maximum Gasteiger partial charge on any atom is 0.134 e. The van der Waals surface area contributed by atoms with E-state index in [1.165, 1.54) is 0 Å². The van der Waals surface area contributed by atoms with Crippen LogP contribution in [-0.4, -0.2) is 16.0 Å². The predicted octanol–water partition coefficient (Wildman–Crippen LogP) is 3.64. The summed E-state index contributed by atoms with van der Waals surface area (Å²) >= 11 is 6.23. The minimum Gasteiger partial charge on any atom is -0.256 e. The highest BCUT2D eigenvalue weighted by molar-refractivity contribution is 6.32. The number of aryl methyl sites for hydroxylation is 2. The number of aromatic nitrogens is 2. The van der Waals surface area contributed by atoms with Crippen LogP contribution in [0.3, 0.4) is 0 Å². The quantitative estimate of drug-likeness (QED) is 0.767. The van der Waals surface area contributed by atoms with Crippen LogP contribution >= 0.6 is 11.6 Å². The van der Waals surface area contributed by atoms with E-state index in [0.29, 0.717) is 5.15 Å². The van der Waals surface area contributed by atoms with E-state index < -0.39 is 0 Å². The van der Waals surface area contributed by atoms with Crippen LogP contribution in [0.1, 0.15) is 16.8 Å². The van der Waals surface area contributed by atoms with E-state index in [1.807, 2.05) is 44.5 Å². The Labute approximate surface area is 110 Å². The van der Waals surface area contributed by atoms with Crippen molar-refractivity contribution >= 4 is 35.2 Å². The summed E-state index contributed by atoms with van der Waals surface area (Å²) in [6, 6.07) is 8.07. The lowest BCUT2D eigenvalue weighted by molar-refractivity contribution is 0.757. The first-order valence-electron chi connectivity index (χ1n) is 5.71. The summed E-state index contributed by atoms with van der Waals surface area (Å²) in [4.78, 5) is 4.38. The molecule has 0 spiro atoms. The highest BCUT2D eigenvalue weighted by Gasteiger charge is 2.14. The van der Waals surface area contributed by atoms with Crippen molar-refractivity contribution in [3.63, 3.8) is 0 Å². The molecule has 2 aromatic rings. The maximum absolute atomic E-state index is 6.23. The average molecular weight is 258 g/mol. The topological polar surface area (TPSA) is 30.2 Å². The van der Waals surface area contributed by atoms with Gasteiger partial charge in [0.25, 0.3) is 0 Å². The van der Waals surface area contributed by atoms with Crippen molar-refractivity contribution in [1.82, 2.24) is 9.78 Å². The summed E-state index contributed by atoms with van der Waals surface area (Å²) in [5, 5.41) is 4.95. The van der Waals surface area contributed by atoms with Crippen molar-refractivity contribution in [3.05, 3.63) is 46.2 Å². The second-order valence-electron chi connectivity index (χ2n) is 4.29. The first-order chi connectivity index (χ1) is 8.66. The van der Waals surface area contributed by atoms with Gasteiger partial charge in [-0.2, -0.15) is 5.10 Å². The van der Waals surface area contributed by atoms with Crippen molar-refractivity contribution in [2.24, 2.45) is 12.0 Å². The minimum absolute atomic E-state index is 0.651. The van der Waals surface area contributed by atoms with E-state index in [4.69, 9.17) is 11.6 Å². The van der Waals surface area contributed by atoms with E-state index in [9.17, 15) is 0 Å². The first kappa shape index (κ1) is 11.2. The average Bonchev–Trinajstić information content (AvgIpc) is 2.87. The Hall–Kier alpha value is -1.87. The fourth-order valence-corrected chi connectivity index (χ4v) is 2.35. The molecule has 90 valence electrons. The molecule has 0 amide bonds. The van der Waals surface area contributed by atoms with Crippen LogP contribution in [0.15, 0.2) is 29.3 Å². The predicted molar refractivity (Wildman–Crippen MR) is 75.4 cm³/mol. The molecule has 0 atom stereocenters. The van der Waals surface area contributed by atoms with Crippen LogP contribution in [0.5, 0.6) is 0 Å². The molecule has 1 aliphatic heterocycles. The number of rotatable bonds is 1. The molecule has 1 aromatic heterocycles. The molecule has 0 radical (unpaired) electrons. The summed E-state index contributed by atoms with van der Waals surface area (Å²) in [5.74, 6) is 0. The molecule has 0 bridgehead atoms. The number of fused-ring (bicyclic) bond motifs is 1. The van der Waals surface area contributed by atoms with Crippen LogP contribution in [0, 0.1) is 6.92 Å².